The molecule has 140 valence electrons. The first-order valence-electron chi connectivity index (χ1n) is 7.62. The second kappa shape index (κ2) is 8.32. The number of hydrogen-bond donors (Lipinski definition) is 1. The molecule has 1 N–H and O–H groups in total. The maximum Gasteiger partial charge on any atom is 0.387 e. The minimum atomic E-state index is -3.02. The zero-order valence-electron chi connectivity index (χ0n) is 13.9. The summed E-state index contributed by atoms with van der Waals surface area (Å²) >= 11 is 7.31. The second-order valence-corrected chi connectivity index (χ2v) is 6.48. The second-order valence-electron chi connectivity index (χ2n) is 5.22. The fourth-order valence-corrected chi connectivity index (χ4v) is 3.28. The summed E-state index contributed by atoms with van der Waals surface area (Å²) in [6.07, 6.45) is 0. The Bertz CT molecular complexity index is 965. The molecule has 0 aliphatic heterocycles. The Labute approximate surface area is 162 Å². The molecule has 0 unspecified atom stereocenters. The highest BCUT2D eigenvalue weighted by Gasteiger charge is 2.17. The van der Waals surface area contributed by atoms with E-state index in [0.717, 1.165) is 5.56 Å². The number of amides is 1. The monoisotopic (exact) mass is 410 g/mol. The zero-order chi connectivity index (χ0) is 19.4. The van der Waals surface area contributed by atoms with Crippen LogP contribution >= 0.6 is 22.9 Å². The van der Waals surface area contributed by atoms with Gasteiger partial charge in [0.2, 0.25) is 0 Å². The SMILES string of the molecule is COc1ccc(-c2csc(NC(=O)c3ccccc3OC(F)F)n2)cc1Cl. The summed E-state index contributed by atoms with van der Waals surface area (Å²) in [4.78, 5) is 16.7. The van der Waals surface area contributed by atoms with Gasteiger partial charge in [0, 0.05) is 10.9 Å². The molecule has 3 rings (SSSR count). The van der Waals surface area contributed by atoms with E-state index in [1.54, 1.807) is 29.6 Å². The number of carbonyl (C=O) groups is 1. The standard InChI is InChI=1S/C18H13ClF2N2O3S/c1-25-15-7-6-10(8-12(15)19)13-9-27-18(22-13)23-16(24)11-4-2-3-5-14(11)26-17(20)21/h2-9,17H,1H3,(H,22,23,24). The van der Waals surface area contributed by atoms with E-state index in [0.29, 0.717) is 21.6 Å². The number of alkyl halides is 2. The highest BCUT2D eigenvalue weighted by Crippen LogP contribution is 2.32. The maximum atomic E-state index is 12.5. The van der Waals surface area contributed by atoms with E-state index < -0.39 is 12.5 Å². The summed E-state index contributed by atoms with van der Waals surface area (Å²) in [6, 6.07) is 11.0. The van der Waals surface area contributed by atoms with Crippen LogP contribution in [0.1, 0.15) is 10.4 Å². The Kier molecular flexibility index (Phi) is 5.88. The first kappa shape index (κ1) is 19.1. The molecule has 1 aromatic heterocycles. The Hall–Kier alpha value is -2.71. The number of nitrogens with one attached hydrogen (secondary N) is 1. The van der Waals surface area contributed by atoms with Gasteiger partial charge >= 0.3 is 6.61 Å². The van der Waals surface area contributed by atoms with Crippen LogP contribution in [-0.4, -0.2) is 24.6 Å². The van der Waals surface area contributed by atoms with Gasteiger partial charge in [-0.3, -0.25) is 10.1 Å². The molecule has 27 heavy (non-hydrogen) atoms. The molecule has 0 aliphatic rings. The van der Waals surface area contributed by atoms with Gasteiger partial charge in [-0.15, -0.1) is 11.3 Å². The minimum absolute atomic E-state index is 0.0120. The molecule has 0 saturated heterocycles. The molecule has 0 saturated carbocycles. The Morgan fingerprint density at radius 3 is 2.70 bits per heavy atom. The predicted molar refractivity (Wildman–Crippen MR) is 100 cm³/mol. The van der Waals surface area contributed by atoms with Crippen LogP contribution in [0, 0.1) is 0 Å². The van der Waals surface area contributed by atoms with Crippen molar-refractivity contribution >= 4 is 34.0 Å². The number of thiazole rings is 1. The van der Waals surface area contributed by atoms with Crippen molar-refractivity contribution in [2.24, 2.45) is 0 Å². The van der Waals surface area contributed by atoms with Crippen LogP contribution in [0.25, 0.3) is 11.3 Å². The van der Waals surface area contributed by atoms with Crippen molar-refractivity contribution in [3.05, 3.63) is 58.4 Å². The van der Waals surface area contributed by atoms with Crippen LogP contribution in [0.5, 0.6) is 11.5 Å². The van der Waals surface area contributed by atoms with Gasteiger partial charge in [-0.1, -0.05) is 23.7 Å². The van der Waals surface area contributed by atoms with Crippen LogP contribution in [0.4, 0.5) is 13.9 Å². The zero-order valence-corrected chi connectivity index (χ0v) is 15.5. The number of halogens is 3. The molecule has 0 atom stereocenters. The Balaban J connectivity index is 1.78. The molecule has 0 bridgehead atoms. The molecule has 5 nitrogen and oxygen atoms in total. The third kappa shape index (κ3) is 4.53. The van der Waals surface area contributed by atoms with E-state index in [-0.39, 0.29) is 11.3 Å². The molecule has 0 aliphatic carbocycles. The van der Waals surface area contributed by atoms with Crippen molar-refractivity contribution in [1.29, 1.82) is 0 Å². The average Bonchev–Trinajstić information content (AvgIpc) is 3.10. The molecule has 3 aromatic rings. The number of para-hydroxylation sites is 1. The van der Waals surface area contributed by atoms with E-state index in [2.05, 4.69) is 15.0 Å². The number of anilines is 1. The summed E-state index contributed by atoms with van der Waals surface area (Å²) < 4.78 is 34.5. The van der Waals surface area contributed by atoms with Gasteiger partial charge in [-0.25, -0.2) is 4.98 Å². The molecule has 1 heterocycles. The average molecular weight is 411 g/mol. The molecule has 0 spiro atoms. The van der Waals surface area contributed by atoms with E-state index >= 15 is 0 Å². The van der Waals surface area contributed by atoms with Gasteiger partial charge in [0.25, 0.3) is 5.91 Å². The molecular formula is C18H13ClF2N2O3S. The van der Waals surface area contributed by atoms with E-state index in [1.165, 1.54) is 36.6 Å². The minimum Gasteiger partial charge on any atom is -0.495 e. The van der Waals surface area contributed by atoms with Gasteiger partial charge in [0.05, 0.1) is 23.4 Å². The fraction of sp³-hybridized carbons (Fsp3) is 0.111. The van der Waals surface area contributed by atoms with Crippen LogP contribution in [0.2, 0.25) is 5.02 Å². The summed E-state index contributed by atoms with van der Waals surface area (Å²) in [5, 5.41) is 5.08. The number of rotatable bonds is 6. The smallest absolute Gasteiger partial charge is 0.387 e. The van der Waals surface area contributed by atoms with Gasteiger partial charge in [0.15, 0.2) is 5.13 Å². The summed E-state index contributed by atoms with van der Waals surface area (Å²) in [5.74, 6) is -0.261. The number of ether oxygens (including phenoxy) is 2. The molecule has 0 fully saturated rings. The number of nitrogens with zero attached hydrogens (tertiary/aromatic N) is 1. The molecule has 2 aromatic carbocycles. The summed E-state index contributed by atoms with van der Waals surface area (Å²) in [6.45, 7) is -3.02. The number of aromatic nitrogens is 1. The lowest BCUT2D eigenvalue weighted by Crippen LogP contribution is -2.14. The predicted octanol–water partition coefficient (Wildman–Crippen LogP) is 5.33. The normalized spacial score (nSPS) is 10.7. The van der Waals surface area contributed by atoms with Crippen molar-refractivity contribution < 1.29 is 23.0 Å². The highest BCUT2D eigenvalue weighted by atomic mass is 35.5. The van der Waals surface area contributed by atoms with Crippen molar-refractivity contribution in [3.8, 4) is 22.8 Å². The van der Waals surface area contributed by atoms with Crippen molar-refractivity contribution in [3.63, 3.8) is 0 Å². The molecule has 9 heteroatoms. The molecule has 0 radical (unpaired) electrons. The lowest BCUT2D eigenvalue weighted by molar-refractivity contribution is -0.0501. The third-order valence-electron chi connectivity index (χ3n) is 3.52. The van der Waals surface area contributed by atoms with Crippen molar-refractivity contribution in [1.82, 2.24) is 4.98 Å². The maximum absolute atomic E-state index is 12.5. The van der Waals surface area contributed by atoms with Gasteiger partial charge in [-0.05, 0) is 30.3 Å². The lowest BCUT2D eigenvalue weighted by Gasteiger charge is -2.09. The first-order chi connectivity index (χ1) is 13.0. The van der Waals surface area contributed by atoms with Crippen molar-refractivity contribution in [2.45, 2.75) is 6.61 Å². The molecule has 1 amide bonds. The van der Waals surface area contributed by atoms with Crippen LogP contribution in [0.15, 0.2) is 47.8 Å². The third-order valence-corrected chi connectivity index (χ3v) is 4.57. The Morgan fingerprint density at radius 1 is 1.22 bits per heavy atom. The fourth-order valence-electron chi connectivity index (χ4n) is 2.31. The van der Waals surface area contributed by atoms with Crippen LogP contribution < -0.4 is 14.8 Å². The number of hydrogen-bond acceptors (Lipinski definition) is 5. The number of methoxy groups -OCH3 is 1. The van der Waals surface area contributed by atoms with Gasteiger partial charge < -0.3 is 9.47 Å². The highest BCUT2D eigenvalue weighted by molar-refractivity contribution is 7.14. The van der Waals surface area contributed by atoms with E-state index in [1.807, 2.05) is 0 Å². The van der Waals surface area contributed by atoms with E-state index in [9.17, 15) is 13.6 Å². The largest absolute Gasteiger partial charge is 0.495 e. The topological polar surface area (TPSA) is 60.5 Å². The summed E-state index contributed by atoms with van der Waals surface area (Å²) in [5.41, 5.74) is 1.35. The Morgan fingerprint density at radius 2 is 2.00 bits per heavy atom. The van der Waals surface area contributed by atoms with Gasteiger partial charge in [-0.2, -0.15) is 8.78 Å². The first-order valence-corrected chi connectivity index (χ1v) is 8.88. The van der Waals surface area contributed by atoms with Gasteiger partial charge in [0.1, 0.15) is 11.5 Å². The lowest BCUT2D eigenvalue weighted by atomic mass is 10.2. The van der Waals surface area contributed by atoms with Crippen molar-refractivity contribution in [2.75, 3.05) is 12.4 Å². The van der Waals surface area contributed by atoms with E-state index in [4.69, 9.17) is 16.3 Å². The number of carbonyl (C=O) groups excluding carboxylic acids is 1. The molecular weight excluding hydrogens is 398 g/mol. The number of benzene rings is 2. The van der Waals surface area contributed by atoms with Crippen LogP contribution in [-0.2, 0) is 0 Å². The quantitative estimate of drug-likeness (QED) is 0.597. The van der Waals surface area contributed by atoms with Crippen LogP contribution in [0.3, 0.4) is 0 Å². The summed E-state index contributed by atoms with van der Waals surface area (Å²) in [7, 11) is 1.52.